The molecule has 3 heterocycles. The average molecular weight is 501 g/mol. The molecule has 33 heavy (non-hydrogen) atoms. The Morgan fingerprint density at radius 2 is 2.00 bits per heavy atom. The van der Waals surface area contributed by atoms with Gasteiger partial charge in [-0.2, -0.15) is 13.2 Å². The largest absolute Gasteiger partial charge is 0.464 e. The topological polar surface area (TPSA) is 212 Å². The van der Waals surface area contributed by atoms with Gasteiger partial charge in [0.25, 0.3) is 5.85 Å². The van der Waals surface area contributed by atoms with E-state index in [4.69, 9.17) is 15.2 Å². The van der Waals surface area contributed by atoms with Crippen LogP contribution in [-0.2, 0) is 29.7 Å². The van der Waals surface area contributed by atoms with Crippen LogP contribution in [0.25, 0.3) is 11.2 Å². The fraction of sp³-hybridized carbons (Fsp3) is 0.600. The highest BCUT2D eigenvalue weighted by Gasteiger charge is 2.47. The summed E-state index contributed by atoms with van der Waals surface area (Å²) in [5.41, 5.74) is 4.84. The standard InChI is InChI=1S/C15H19F3N5O9P/c1-2-30-12(26)13(33(27,28)29)31-3-5-7(24)8(25)11(32-5)23-4-20-6-9(19)21-14(15(16,17)18)22-10(6)23/h4-5,7-8,11,13,24-25H,2-3H2,1H3,(H2,19,21,22)(H2,27,28,29)/t5-,7-,8-,11-,13+/m1/s1. The molecule has 0 aromatic carbocycles. The lowest BCUT2D eigenvalue weighted by atomic mass is 10.1. The summed E-state index contributed by atoms with van der Waals surface area (Å²) < 4.78 is 66.4. The molecule has 0 unspecified atom stereocenters. The SMILES string of the molecule is CCOC(=O)[C@@H](OC[C@H]1O[C@@H](n2cnc3c(N)nc(C(F)(F)F)nc32)[C@H](O)[C@@H]1O)P(=O)(O)O. The molecular formula is C15H19F3N5O9P. The molecule has 2 aromatic heterocycles. The van der Waals surface area contributed by atoms with E-state index in [2.05, 4.69) is 19.7 Å². The summed E-state index contributed by atoms with van der Waals surface area (Å²) >= 11 is 0. The first kappa shape index (κ1) is 25.2. The van der Waals surface area contributed by atoms with Gasteiger partial charge < -0.3 is 39.9 Å². The number of carbonyl (C=O) groups excluding carboxylic acids is 1. The zero-order valence-corrected chi connectivity index (χ0v) is 17.6. The lowest BCUT2D eigenvalue weighted by molar-refractivity contribution is -0.155. The van der Waals surface area contributed by atoms with Crippen LogP contribution in [0.2, 0.25) is 0 Å². The third-order valence-corrected chi connectivity index (χ3v) is 5.50. The van der Waals surface area contributed by atoms with Crippen molar-refractivity contribution in [1.29, 1.82) is 0 Å². The summed E-state index contributed by atoms with van der Waals surface area (Å²) in [6.45, 7) is 0.414. The van der Waals surface area contributed by atoms with Crippen molar-refractivity contribution >= 4 is 30.5 Å². The van der Waals surface area contributed by atoms with Gasteiger partial charge in [-0.1, -0.05) is 0 Å². The van der Waals surface area contributed by atoms with Crippen LogP contribution in [0.5, 0.6) is 0 Å². The molecule has 0 amide bonds. The number of aliphatic hydroxyl groups is 2. The molecule has 0 bridgehead atoms. The molecule has 1 aliphatic heterocycles. The molecule has 14 nitrogen and oxygen atoms in total. The van der Waals surface area contributed by atoms with E-state index in [9.17, 15) is 42.5 Å². The third kappa shape index (κ3) is 5.08. The van der Waals surface area contributed by atoms with Gasteiger partial charge in [-0.25, -0.2) is 19.7 Å². The van der Waals surface area contributed by atoms with Crippen LogP contribution in [0, 0.1) is 0 Å². The zero-order valence-electron chi connectivity index (χ0n) is 16.7. The summed E-state index contributed by atoms with van der Waals surface area (Å²) in [4.78, 5) is 40.7. The van der Waals surface area contributed by atoms with Crippen LogP contribution in [-0.4, -0.2) is 82.9 Å². The minimum Gasteiger partial charge on any atom is -0.464 e. The zero-order chi connectivity index (χ0) is 24.7. The molecule has 6 N–H and O–H groups in total. The van der Waals surface area contributed by atoms with Crippen LogP contribution < -0.4 is 5.73 Å². The minimum atomic E-state index is -5.13. The normalized spacial score (nSPS) is 24.8. The molecule has 5 atom stereocenters. The van der Waals surface area contributed by atoms with E-state index in [1.165, 1.54) is 6.92 Å². The summed E-state index contributed by atoms with van der Waals surface area (Å²) in [6, 6.07) is 0. The number of anilines is 1. The highest BCUT2D eigenvalue weighted by atomic mass is 31.2. The Morgan fingerprint density at radius 1 is 1.33 bits per heavy atom. The van der Waals surface area contributed by atoms with Crippen molar-refractivity contribution in [3.63, 3.8) is 0 Å². The van der Waals surface area contributed by atoms with E-state index < -0.39 is 74.0 Å². The third-order valence-electron chi connectivity index (χ3n) is 4.53. The van der Waals surface area contributed by atoms with Gasteiger partial charge in [-0.15, -0.1) is 0 Å². The number of hydrogen-bond acceptors (Lipinski definition) is 11. The lowest BCUT2D eigenvalue weighted by Gasteiger charge is -2.20. The second-order valence-corrected chi connectivity index (χ2v) is 8.47. The maximum absolute atomic E-state index is 13.1. The predicted octanol–water partition coefficient (Wildman–Crippen LogP) is -0.870. The van der Waals surface area contributed by atoms with Crippen molar-refractivity contribution in [3.8, 4) is 0 Å². The maximum Gasteiger partial charge on any atom is 0.451 e. The van der Waals surface area contributed by atoms with E-state index in [-0.39, 0.29) is 12.1 Å². The molecule has 2 aromatic rings. The molecule has 1 aliphatic rings. The highest BCUT2D eigenvalue weighted by molar-refractivity contribution is 7.53. The number of rotatable bonds is 7. The van der Waals surface area contributed by atoms with E-state index >= 15 is 0 Å². The number of esters is 1. The van der Waals surface area contributed by atoms with Crippen LogP contribution in [0.15, 0.2) is 6.33 Å². The number of fused-ring (bicyclic) bond motifs is 1. The first-order valence-corrected chi connectivity index (χ1v) is 10.9. The Kier molecular flexibility index (Phi) is 6.95. The monoisotopic (exact) mass is 501 g/mol. The number of nitrogen functional groups attached to an aromatic ring is 1. The summed E-state index contributed by atoms with van der Waals surface area (Å²) in [7, 11) is -5.13. The molecule has 0 saturated carbocycles. The molecule has 0 aliphatic carbocycles. The first-order valence-electron chi connectivity index (χ1n) is 9.18. The van der Waals surface area contributed by atoms with Crippen LogP contribution >= 0.6 is 7.60 Å². The smallest absolute Gasteiger partial charge is 0.451 e. The highest BCUT2D eigenvalue weighted by Crippen LogP contribution is 2.43. The molecule has 0 radical (unpaired) electrons. The van der Waals surface area contributed by atoms with Crippen molar-refractivity contribution in [2.45, 2.75) is 43.5 Å². The number of imidazole rings is 1. The molecule has 1 saturated heterocycles. The van der Waals surface area contributed by atoms with Gasteiger partial charge in [0.05, 0.1) is 19.5 Å². The number of aromatic nitrogens is 4. The summed E-state index contributed by atoms with van der Waals surface area (Å²) in [6.07, 6.45) is -10.5. The molecule has 184 valence electrons. The Balaban J connectivity index is 1.85. The Hall–Kier alpha value is -2.40. The maximum atomic E-state index is 13.1. The van der Waals surface area contributed by atoms with Crippen molar-refractivity contribution in [2.24, 2.45) is 0 Å². The van der Waals surface area contributed by atoms with Gasteiger partial charge in [0, 0.05) is 0 Å². The Morgan fingerprint density at radius 3 is 2.58 bits per heavy atom. The average Bonchev–Trinajstić information content (AvgIpc) is 3.23. The van der Waals surface area contributed by atoms with Gasteiger partial charge in [0.2, 0.25) is 5.82 Å². The Labute approximate surface area is 182 Å². The molecular weight excluding hydrogens is 482 g/mol. The van der Waals surface area contributed by atoms with Gasteiger partial charge in [0.15, 0.2) is 17.7 Å². The number of hydrogen-bond donors (Lipinski definition) is 5. The van der Waals surface area contributed by atoms with Crippen molar-refractivity contribution < 1.29 is 56.7 Å². The molecule has 0 spiro atoms. The quantitative estimate of drug-likeness (QED) is 0.231. The molecule has 18 heteroatoms. The van der Waals surface area contributed by atoms with Crippen LogP contribution in [0.3, 0.4) is 0 Å². The second kappa shape index (κ2) is 9.09. The van der Waals surface area contributed by atoms with E-state index in [0.717, 1.165) is 10.9 Å². The summed E-state index contributed by atoms with van der Waals surface area (Å²) in [5.74, 6) is -5.83. The predicted molar refractivity (Wildman–Crippen MR) is 99.1 cm³/mol. The minimum absolute atomic E-state index is 0.194. The molecule has 3 rings (SSSR count). The summed E-state index contributed by atoms with van der Waals surface area (Å²) in [5, 5.41) is 20.6. The number of carbonyl (C=O) groups is 1. The van der Waals surface area contributed by atoms with E-state index in [1.807, 2.05) is 0 Å². The van der Waals surface area contributed by atoms with Gasteiger partial charge in [-0.05, 0) is 6.92 Å². The lowest BCUT2D eigenvalue weighted by Crippen LogP contribution is -2.36. The number of nitrogens with zero attached hydrogens (tertiary/aromatic N) is 4. The second-order valence-electron chi connectivity index (χ2n) is 6.83. The fourth-order valence-corrected chi connectivity index (χ4v) is 3.68. The number of aliphatic hydroxyl groups excluding tert-OH is 2. The van der Waals surface area contributed by atoms with Crippen molar-refractivity contribution in [1.82, 2.24) is 19.5 Å². The number of halogens is 3. The van der Waals surface area contributed by atoms with Gasteiger partial charge >= 0.3 is 19.7 Å². The fourth-order valence-electron chi connectivity index (χ4n) is 3.05. The van der Waals surface area contributed by atoms with Crippen LogP contribution in [0.4, 0.5) is 19.0 Å². The van der Waals surface area contributed by atoms with Gasteiger partial charge in [0.1, 0.15) is 23.8 Å². The van der Waals surface area contributed by atoms with Crippen LogP contribution in [0.1, 0.15) is 19.0 Å². The number of nitrogens with two attached hydrogens (primary N) is 1. The van der Waals surface area contributed by atoms with Gasteiger partial charge in [-0.3, -0.25) is 9.13 Å². The van der Waals surface area contributed by atoms with E-state index in [0.29, 0.717) is 0 Å². The van der Waals surface area contributed by atoms with E-state index in [1.54, 1.807) is 0 Å². The number of ether oxygens (including phenoxy) is 3. The molecule has 1 fully saturated rings. The first-order chi connectivity index (χ1) is 15.3. The van der Waals surface area contributed by atoms with Crippen molar-refractivity contribution in [2.75, 3.05) is 18.9 Å². The van der Waals surface area contributed by atoms with Crippen molar-refractivity contribution in [3.05, 3.63) is 12.2 Å². The Bertz CT molecular complexity index is 1080. The number of alkyl halides is 3.